The number of aliphatic hydroxyl groups is 1. The molecule has 1 heterocycles. The largest absolute Gasteiger partial charge is 0.438 e. The first kappa shape index (κ1) is 14.0. The van der Waals surface area contributed by atoms with Crippen LogP contribution in [0.15, 0.2) is 36.5 Å². The molecule has 6 heteroatoms. The highest BCUT2D eigenvalue weighted by Crippen LogP contribution is 2.32. The first-order valence-corrected chi connectivity index (χ1v) is 6.05. The quantitative estimate of drug-likeness (QED) is 0.683. The fourth-order valence-corrected chi connectivity index (χ4v) is 1.82. The van der Waals surface area contributed by atoms with Gasteiger partial charge in [0.15, 0.2) is 0 Å². The fourth-order valence-electron chi connectivity index (χ4n) is 1.82. The van der Waals surface area contributed by atoms with E-state index in [1.807, 2.05) is 0 Å². The minimum Gasteiger partial charge on any atom is -0.438 e. The van der Waals surface area contributed by atoms with Crippen LogP contribution in [0.4, 0.5) is 5.69 Å². The van der Waals surface area contributed by atoms with Gasteiger partial charge in [0, 0.05) is 17.8 Å². The van der Waals surface area contributed by atoms with Crippen molar-refractivity contribution in [2.75, 3.05) is 0 Å². The number of aromatic nitrogens is 1. The van der Waals surface area contributed by atoms with Crippen LogP contribution in [0, 0.1) is 17.0 Å². The van der Waals surface area contributed by atoms with E-state index in [1.165, 1.54) is 12.3 Å². The summed E-state index contributed by atoms with van der Waals surface area (Å²) >= 11 is 0. The van der Waals surface area contributed by atoms with Crippen molar-refractivity contribution in [2.45, 2.75) is 20.0 Å². The van der Waals surface area contributed by atoms with Gasteiger partial charge in [-0.15, -0.1) is 0 Å². The molecular weight excluding hydrogens is 260 g/mol. The molecule has 6 nitrogen and oxygen atoms in total. The molecule has 0 bridgehead atoms. The van der Waals surface area contributed by atoms with E-state index in [2.05, 4.69) is 4.98 Å². The SMILES string of the molecule is Cc1c(Oc2ncccc2[C@H](C)O)cccc1[N+](=O)[O-]. The van der Waals surface area contributed by atoms with Gasteiger partial charge in [-0.25, -0.2) is 4.98 Å². The lowest BCUT2D eigenvalue weighted by atomic mass is 10.1. The average Bonchev–Trinajstić information content (AvgIpc) is 2.41. The fraction of sp³-hybridized carbons (Fsp3) is 0.214. The molecule has 1 aromatic carbocycles. The number of nitro groups is 1. The molecule has 1 aromatic heterocycles. The van der Waals surface area contributed by atoms with E-state index in [-0.39, 0.29) is 11.6 Å². The number of nitro benzene ring substituents is 1. The van der Waals surface area contributed by atoms with Gasteiger partial charge in [-0.2, -0.15) is 0 Å². The van der Waals surface area contributed by atoms with Gasteiger partial charge in [0.25, 0.3) is 5.69 Å². The molecule has 2 aromatic rings. The maximum absolute atomic E-state index is 10.9. The van der Waals surface area contributed by atoms with Gasteiger partial charge in [-0.1, -0.05) is 6.07 Å². The number of benzene rings is 1. The zero-order chi connectivity index (χ0) is 14.7. The van der Waals surface area contributed by atoms with Gasteiger partial charge < -0.3 is 9.84 Å². The van der Waals surface area contributed by atoms with Gasteiger partial charge in [-0.3, -0.25) is 10.1 Å². The summed E-state index contributed by atoms with van der Waals surface area (Å²) in [4.78, 5) is 14.5. The molecule has 0 aliphatic carbocycles. The van der Waals surface area contributed by atoms with Crippen molar-refractivity contribution in [3.8, 4) is 11.6 Å². The zero-order valence-electron chi connectivity index (χ0n) is 11.1. The van der Waals surface area contributed by atoms with Gasteiger partial charge in [0.2, 0.25) is 5.88 Å². The van der Waals surface area contributed by atoms with E-state index in [0.29, 0.717) is 16.9 Å². The van der Waals surface area contributed by atoms with Crippen LogP contribution >= 0.6 is 0 Å². The number of pyridine rings is 1. The summed E-state index contributed by atoms with van der Waals surface area (Å²) in [7, 11) is 0. The van der Waals surface area contributed by atoms with Crippen molar-refractivity contribution in [1.82, 2.24) is 4.98 Å². The number of nitrogens with zero attached hydrogens (tertiary/aromatic N) is 2. The third-order valence-corrected chi connectivity index (χ3v) is 2.91. The Morgan fingerprint density at radius 1 is 1.35 bits per heavy atom. The molecule has 104 valence electrons. The Bertz CT molecular complexity index is 641. The van der Waals surface area contributed by atoms with Crippen molar-refractivity contribution >= 4 is 5.69 Å². The number of ether oxygens (including phenoxy) is 1. The Hall–Kier alpha value is -2.47. The lowest BCUT2D eigenvalue weighted by Gasteiger charge is -2.13. The first-order chi connectivity index (χ1) is 9.50. The Morgan fingerprint density at radius 3 is 2.75 bits per heavy atom. The van der Waals surface area contributed by atoms with E-state index in [0.717, 1.165) is 0 Å². The Balaban J connectivity index is 2.41. The highest BCUT2D eigenvalue weighted by Gasteiger charge is 2.17. The molecule has 1 N–H and O–H groups in total. The van der Waals surface area contributed by atoms with Crippen LogP contribution in [0.2, 0.25) is 0 Å². The molecule has 0 aliphatic heterocycles. The second-order valence-corrected chi connectivity index (χ2v) is 4.33. The second kappa shape index (κ2) is 5.66. The van der Waals surface area contributed by atoms with E-state index in [1.54, 1.807) is 38.1 Å². The van der Waals surface area contributed by atoms with Crippen LogP contribution in [-0.4, -0.2) is 15.0 Å². The standard InChI is InChI=1S/C14H14N2O4/c1-9-12(16(18)19)6-3-7-13(9)20-14-11(10(2)17)5-4-8-15-14/h3-8,10,17H,1-2H3/t10-/m0/s1. The number of hydrogen-bond acceptors (Lipinski definition) is 5. The van der Waals surface area contributed by atoms with Crippen molar-refractivity contribution in [1.29, 1.82) is 0 Å². The summed E-state index contributed by atoms with van der Waals surface area (Å²) in [5.74, 6) is 0.589. The summed E-state index contributed by atoms with van der Waals surface area (Å²) in [6.45, 7) is 3.21. The van der Waals surface area contributed by atoms with Crippen molar-refractivity contribution in [2.24, 2.45) is 0 Å². The number of hydrogen-bond donors (Lipinski definition) is 1. The van der Waals surface area contributed by atoms with Crippen molar-refractivity contribution in [3.05, 3.63) is 57.8 Å². The number of aliphatic hydroxyl groups excluding tert-OH is 1. The third-order valence-electron chi connectivity index (χ3n) is 2.91. The normalized spacial score (nSPS) is 11.9. The van der Waals surface area contributed by atoms with E-state index < -0.39 is 11.0 Å². The topological polar surface area (TPSA) is 85.5 Å². The average molecular weight is 274 g/mol. The first-order valence-electron chi connectivity index (χ1n) is 6.05. The summed E-state index contributed by atoms with van der Waals surface area (Å²) in [5.41, 5.74) is 0.926. The summed E-state index contributed by atoms with van der Waals surface area (Å²) in [6, 6.07) is 7.97. The van der Waals surface area contributed by atoms with E-state index >= 15 is 0 Å². The zero-order valence-corrected chi connectivity index (χ0v) is 11.1. The lowest BCUT2D eigenvalue weighted by Crippen LogP contribution is -2.00. The Labute approximate surface area is 115 Å². The third kappa shape index (κ3) is 2.75. The predicted octanol–water partition coefficient (Wildman–Crippen LogP) is 3.14. The molecule has 1 atom stereocenters. The molecule has 0 fully saturated rings. The van der Waals surface area contributed by atoms with Crippen molar-refractivity contribution in [3.63, 3.8) is 0 Å². The van der Waals surface area contributed by atoms with Crippen LogP contribution in [-0.2, 0) is 0 Å². The van der Waals surface area contributed by atoms with E-state index in [9.17, 15) is 15.2 Å². The highest BCUT2D eigenvalue weighted by atomic mass is 16.6. The maximum atomic E-state index is 10.9. The lowest BCUT2D eigenvalue weighted by molar-refractivity contribution is -0.385. The molecule has 0 saturated carbocycles. The van der Waals surface area contributed by atoms with Crippen LogP contribution in [0.1, 0.15) is 24.2 Å². The molecule has 20 heavy (non-hydrogen) atoms. The number of rotatable bonds is 4. The Morgan fingerprint density at radius 2 is 2.10 bits per heavy atom. The maximum Gasteiger partial charge on any atom is 0.276 e. The van der Waals surface area contributed by atoms with Gasteiger partial charge >= 0.3 is 0 Å². The summed E-state index contributed by atoms with van der Waals surface area (Å²) in [5, 5.41) is 20.6. The van der Waals surface area contributed by atoms with Crippen LogP contribution < -0.4 is 4.74 Å². The second-order valence-electron chi connectivity index (χ2n) is 4.33. The van der Waals surface area contributed by atoms with Crippen LogP contribution in [0.5, 0.6) is 11.6 Å². The highest BCUT2D eigenvalue weighted by molar-refractivity contribution is 5.49. The predicted molar refractivity (Wildman–Crippen MR) is 72.8 cm³/mol. The van der Waals surface area contributed by atoms with Gasteiger partial charge in [0.1, 0.15) is 5.75 Å². The molecule has 2 rings (SSSR count). The Kier molecular flexibility index (Phi) is 3.95. The van der Waals surface area contributed by atoms with Gasteiger partial charge in [0.05, 0.1) is 16.6 Å². The minimum atomic E-state index is -0.738. The molecule has 0 aliphatic rings. The summed E-state index contributed by atoms with van der Waals surface area (Å²) < 4.78 is 5.62. The minimum absolute atomic E-state index is 0.0166. The molecule has 0 spiro atoms. The summed E-state index contributed by atoms with van der Waals surface area (Å²) in [6.07, 6.45) is 0.797. The monoisotopic (exact) mass is 274 g/mol. The molecule has 0 amide bonds. The molecule has 0 unspecified atom stereocenters. The molecule has 0 saturated heterocycles. The van der Waals surface area contributed by atoms with Crippen molar-refractivity contribution < 1.29 is 14.8 Å². The molecular formula is C14H14N2O4. The van der Waals surface area contributed by atoms with Crippen LogP contribution in [0.25, 0.3) is 0 Å². The van der Waals surface area contributed by atoms with E-state index in [4.69, 9.17) is 4.74 Å². The van der Waals surface area contributed by atoms with Gasteiger partial charge in [-0.05, 0) is 32.0 Å². The smallest absolute Gasteiger partial charge is 0.276 e. The molecule has 0 radical (unpaired) electrons. The van der Waals surface area contributed by atoms with Crippen LogP contribution in [0.3, 0.4) is 0 Å².